The number of nitrogens with zero attached hydrogens (tertiary/aromatic N) is 1. The van der Waals surface area contributed by atoms with E-state index in [4.69, 9.17) is 14.6 Å². The van der Waals surface area contributed by atoms with Crippen molar-refractivity contribution in [1.82, 2.24) is 5.32 Å². The number of esters is 1. The number of hydrogen-bond donors (Lipinski definition) is 2. The third-order valence-corrected chi connectivity index (χ3v) is 2.97. The van der Waals surface area contributed by atoms with Gasteiger partial charge in [0.15, 0.2) is 5.96 Å². The molecular weight excluding hydrogens is 230 g/mol. The average molecular weight is 256 g/mol. The Morgan fingerprint density at radius 1 is 1.72 bits per heavy atom. The average Bonchev–Trinajstić information content (AvgIpc) is 2.84. The summed E-state index contributed by atoms with van der Waals surface area (Å²) in [4.78, 5) is 15.5. The molecule has 0 amide bonds. The molecule has 102 valence electrons. The third-order valence-electron chi connectivity index (χ3n) is 2.97. The molecule has 0 heterocycles. The van der Waals surface area contributed by atoms with Crippen molar-refractivity contribution in [2.75, 3.05) is 6.98 Å². The van der Waals surface area contributed by atoms with Crippen LogP contribution in [-0.4, -0.2) is 31.1 Å². The summed E-state index contributed by atoms with van der Waals surface area (Å²) in [7, 11) is 0. The first-order valence-corrected chi connectivity index (χ1v) is 6.25. The summed E-state index contributed by atoms with van der Waals surface area (Å²) in [6.45, 7) is 1.07. The van der Waals surface area contributed by atoms with Gasteiger partial charge in [-0.25, -0.2) is 4.79 Å². The molecule has 1 rings (SSSR count). The molecule has 0 spiro atoms. The molecule has 0 aromatic carbocycles. The third kappa shape index (κ3) is 4.77. The predicted molar refractivity (Wildman–Crippen MR) is 72.2 cm³/mol. The molecular formula is C13H23N3O2. The minimum atomic E-state index is -2.53. The zero-order chi connectivity index (χ0) is 15.9. The summed E-state index contributed by atoms with van der Waals surface area (Å²) in [6.07, 6.45) is 6.50. The normalized spacial score (nSPS) is 21.6. The second-order valence-electron chi connectivity index (χ2n) is 4.40. The lowest BCUT2D eigenvalue weighted by Gasteiger charge is -2.20. The van der Waals surface area contributed by atoms with Crippen LogP contribution < -0.4 is 11.1 Å². The monoisotopic (exact) mass is 256 g/mol. The number of guanidine groups is 1. The molecule has 1 aliphatic rings. The van der Waals surface area contributed by atoms with Crippen LogP contribution in [0.4, 0.5) is 0 Å². The van der Waals surface area contributed by atoms with E-state index in [1.807, 2.05) is 0 Å². The van der Waals surface area contributed by atoms with E-state index in [0.717, 1.165) is 25.7 Å². The van der Waals surface area contributed by atoms with E-state index >= 15 is 0 Å². The number of carbonyl (C=O) groups is 1. The molecule has 0 saturated heterocycles. The Hall–Kier alpha value is -1.52. The minimum absolute atomic E-state index is 0.0497. The molecule has 0 aromatic heterocycles. The fourth-order valence-electron chi connectivity index (χ4n) is 2.00. The van der Waals surface area contributed by atoms with Crippen LogP contribution >= 0.6 is 0 Å². The lowest BCUT2D eigenvalue weighted by molar-refractivity contribution is -0.151. The molecule has 5 nitrogen and oxygen atoms in total. The summed E-state index contributed by atoms with van der Waals surface area (Å²) in [5.74, 6) is -0.708. The standard InChI is InChI=1S/C13H23N3O2/c1-3-4-9-11(16-13(14)15-2)12(17)18-10-7-5-6-8-10/h3,10-11H,1,4-9H2,2H3,(H3,14,15,16)/i2D3. The topological polar surface area (TPSA) is 76.7 Å². The van der Waals surface area contributed by atoms with Gasteiger partial charge in [-0.05, 0) is 38.5 Å². The van der Waals surface area contributed by atoms with E-state index < -0.39 is 19.0 Å². The molecule has 1 fully saturated rings. The quantitative estimate of drug-likeness (QED) is 0.325. The molecule has 3 N–H and O–H groups in total. The van der Waals surface area contributed by atoms with Gasteiger partial charge in [-0.2, -0.15) is 0 Å². The Kier molecular flexibility index (Phi) is 4.47. The van der Waals surface area contributed by atoms with Crippen LogP contribution in [0.25, 0.3) is 0 Å². The van der Waals surface area contributed by atoms with Crippen LogP contribution in [0.15, 0.2) is 17.6 Å². The van der Waals surface area contributed by atoms with Gasteiger partial charge in [0.05, 0.1) is 0 Å². The van der Waals surface area contributed by atoms with Gasteiger partial charge in [0.1, 0.15) is 12.1 Å². The number of nitrogens with one attached hydrogen (secondary N) is 1. The summed E-state index contributed by atoms with van der Waals surface area (Å²) in [5.41, 5.74) is 5.52. The van der Waals surface area contributed by atoms with E-state index in [0.29, 0.717) is 12.8 Å². The van der Waals surface area contributed by atoms with Crippen molar-refractivity contribution in [1.29, 1.82) is 0 Å². The minimum Gasteiger partial charge on any atom is -0.461 e. The number of carbonyl (C=O) groups excluding carboxylic acids is 1. The maximum absolute atomic E-state index is 12.1. The van der Waals surface area contributed by atoms with Crippen molar-refractivity contribution in [2.24, 2.45) is 10.7 Å². The van der Waals surface area contributed by atoms with Crippen molar-refractivity contribution in [3.05, 3.63) is 12.7 Å². The smallest absolute Gasteiger partial charge is 0.328 e. The first-order chi connectivity index (χ1) is 9.81. The summed E-state index contributed by atoms with van der Waals surface area (Å²) < 4.78 is 26.5. The first kappa shape index (κ1) is 10.4. The molecule has 1 saturated carbocycles. The highest BCUT2D eigenvalue weighted by Crippen LogP contribution is 2.21. The van der Waals surface area contributed by atoms with Crippen LogP contribution in [-0.2, 0) is 9.53 Å². The van der Waals surface area contributed by atoms with Gasteiger partial charge in [-0.1, -0.05) is 6.08 Å². The Morgan fingerprint density at radius 2 is 2.44 bits per heavy atom. The lowest BCUT2D eigenvalue weighted by atomic mass is 10.1. The second kappa shape index (κ2) is 7.74. The van der Waals surface area contributed by atoms with Gasteiger partial charge >= 0.3 is 5.97 Å². The Labute approximate surface area is 113 Å². The van der Waals surface area contributed by atoms with Crippen molar-refractivity contribution in [2.45, 2.75) is 50.7 Å². The molecule has 5 heteroatoms. The van der Waals surface area contributed by atoms with Gasteiger partial charge < -0.3 is 15.8 Å². The predicted octanol–water partition coefficient (Wildman–Crippen LogP) is 1.34. The summed E-state index contributed by atoms with van der Waals surface area (Å²) in [6, 6.07) is -0.713. The SMILES string of the molecule is [2H]C([2H])([2H])N=C(N)NC(CCC=C)C(=O)OC1CCCC1. The fraction of sp³-hybridized carbons (Fsp3) is 0.692. The molecule has 0 bridgehead atoms. The van der Waals surface area contributed by atoms with Crippen molar-refractivity contribution >= 4 is 11.9 Å². The van der Waals surface area contributed by atoms with Crippen LogP contribution in [0.3, 0.4) is 0 Å². The molecule has 1 aliphatic carbocycles. The van der Waals surface area contributed by atoms with E-state index in [1.54, 1.807) is 6.08 Å². The first-order valence-electron chi connectivity index (χ1n) is 7.75. The van der Waals surface area contributed by atoms with Gasteiger partial charge in [-0.3, -0.25) is 4.99 Å². The number of allylic oxidation sites excluding steroid dienone is 1. The summed E-state index contributed by atoms with van der Waals surface area (Å²) >= 11 is 0. The van der Waals surface area contributed by atoms with Gasteiger partial charge in [-0.15, -0.1) is 6.58 Å². The number of ether oxygens (including phenoxy) is 1. The second-order valence-corrected chi connectivity index (χ2v) is 4.40. The fourth-order valence-corrected chi connectivity index (χ4v) is 2.00. The zero-order valence-corrected chi connectivity index (χ0v) is 10.5. The van der Waals surface area contributed by atoms with Crippen molar-refractivity contribution in [3.8, 4) is 0 Å². The van der Waals surface area contributed by atoms with E-state index in [1.165, 1.54) is 0 Å². The van der Waals surface area contributed by atoms with Crippen molar-refractivity contribution in [3.63, 3.8) is 0 Å². The maximum Gasteiger partial charge on any atom is 0.328 e. The highest BCUT2D eigenvalue weighted by molar-refractivity contribution is 5.85. The van der Waals surface area contributed by atoms with Crippen LogP contribution in [0.5, 0.6) is 0 Å². The van der Waals surface area contributed by atoms with Gasteiger partial charge in [0, 0.05) is 11.1 Å². The summed E-state index contributed by atoms with van der Waals surface area (Å²) in [5, 5.41) is 2.63. The molecule has 1 unspecified atom stereocenters. The Bertz CT molecular complexity index is 391. The zero-order valence-electron chi connectivity index (χ0n) is 13.5. The molecule has 18 heavy (non-hydrogen) atoms. The largest absolute Gasteiger partial charge is 0.461 e. The molecule has 0 aliphatic heterocycles. The Balaban J connectivity index is 2.62. The van der Waals surface area contributed by atoms with Crippen LogP contribution in [0, 0.1) is 0 Å². The van der Waals surface area contributed by atoms with Crippen molar-refractivity contribution < 1.29 is 13.6 Å². The molecule has 1 atom stereocenters. The maximum atomic E-state index is 12.1. The highest BCUT2D eigenvalue weighted by Gasteiger charge is 2.25. The lowest BCUT2D eigenvalue weighted by Crippen LogP contribution is -2.46. The number of hydrogen-bond acceptors (Lipinski definition) is 3. The van der Waals surface area contributed by atoms with E-state index in [2.05, 4.69) is 16.9 Å². The van der Waals surface area contributed by atoms with Crippen LogP contribution in [0.2, 0.25) is 0 Å². The molecule has 0 aromatic rings. The van der Waals surface area contributed by atoms with Gasteiger partial charge in [0.2, 0.25) is 0 Å². The van der Waals surface area contributed by atoms with E-state index in [-0.39, 0.29) is 12.1 Å². The van der Waals surface area contributed by atoms with E-state index in [9.17, 15) is 4.79 Å². The highest BCUT2D eigenvalue weighted by atomic mass is 16.5. The molecule has 0 radical (unpaired) electrons. The number of nitrogens with two attached hydrogens (primary N) is 1. The Morgan fingerprint density at radius 3 is 3.06 bits per heavy atom. The van der Waals surface area contributed by atoms with Crippen LogP contribution in [0.1, 0.15) is 42.6 Å². The van der Waals surface area contributed by atoms with Gasteiger partial charge in [0.25, 0.3) is 0 Å². The number of rotatable bonds is 6. The number of aliphatic imine (C=N–C) groups is 1.